The molecule has 2 aliphatic rings. The van der Waals surface area contributed by atoms with Crippen molar-refractivity contribution < 1.29 is 13.6 Å². The highest BCUT2D eigenvalue weighted by Gasteiger charge is 2.35. The molecule has 0 spiro atoms. The molecule has 5 nitrogen and oxygen atoms in total. The summed E-state index contributed by atoms with van der Waals surface area (Å²) < 4.78 is 27.4. The Kier molecular flexibility index (Phi) is 3.99. The lowest BCUT2D eigenvalue weighted by atomic mass is 9.93. The molecule has 2 N–H and O–H groups in total. The molecule has 0 unspecified atom stereocenters. The number of rotatable bonds is 2. The number of aliphatic imine (C=N–C) groups is 1. The third kappa shape index (κ3) is 3.53. The number of hydrogen-bond donors (Lipinski definition) is 2. The van der Waals surface area contributed by atoms with E-state index < -0.39 is 5.92 Å². The lowest BCUT2D eigenvalue weighted by molar-refractivity contribution is -0.115. The number of benzene rings is 1. The fourth-order valence-electron chi connectivity index (χ4n) is 3.02. The number of aromatic nitrogens is 1. The van der Waals surface area contributed by atoms with Crippen LogP contribution in [0.3, 0.4) is 0 Å². The Labute approximate surface area is 146 Å². The Morgan fingerprint density at radius 3 is 2.88 bits per heavy atom. The summed E-state index contributed by atoms with van der Waals surface area (Å²) in [6, 6.07) is 5.58. The van der Waals surface area contributed by atoms with E-state index in [4.69, 9.17) is 0 Å². The predicted molar refractivity (Wildman–Crippen MR) is 93.5 cm³/mol. The fourth-order valence-corrected chi connectivity index (χ4v) is 3.75. The molecule has 4 rings (SSSR count). The third-order valence-electron chi connectivity index (χ3n) is 4.39. The van der Waals surface area contributed by atoms with Gasteiger partial charge in [-0.3, -0.25) is 10.1 Å². The second-order valence-corrected chi connectivity index (χ2v) is 7.17. The molecule has 0 radical (unpaired) electrons. The molecule has 2 fully saturated rings. The molecule has 1 saturated heterocycles. The van der Waals surface area contributed by atoms with Gasteiger partial charge in [-0.2, -0.15) is 0 Å². The highest BCUT2D eigenvalue weighted by molar-refractivity contribution is 7.16. The van der Waals surface area contributed by atoms with Crippen molar-refractivity contribution in [1.29, 1.82) is 0 Å². The lowest BCUT2D eigenvalue weighted by Gasteiger charge is -2.25. The summed E-state index contributed by atoms with van der Waals surface area (Å²) in [6.45, 7) is 0. The highest BCUT2D eigenvalue weighted by atomic mass is 32.1. The van der Waals surface area contributed by atoms with E-state index in [1.165, 1.54) is 11.3 Å². The number of nitrogens with one attached hydrogen (secondary N) is 2. The minimum atomic E-state index is -2.58. The van der Waals surface area contributed by atoms with E-state index in [0.29, 0.717) is 24.5 Å². The summed E-state index contributed by atoms with van der Waals surface area (Å²) in [5.41, 5.74) is 3.98. The molecule has 8 heteroatoms. The normalized spacial score (nSPS) is 24.0. The average Bonchev–Trinajstić information content (AvgIpc) is 3.16. The molecule has 1 aromatic carbocycles. The van der Waals surface area contributed by atoms with Crippen molar-refractivity contribution >= 4 is 39.5 Å². The van der Waals surface area contributed by atoms with Gasteiger partial charge in [0.05, 0.1) is 21.8 Å². The van der Waals surface area contributed by atoms with Crippen LogP contribution in [0.15, 0.2) is 34.4 Å². The van der Waals surface area contributed by atoms with Crippen LogP contribution >= 0.6 is 11.3 Å². The van der Waals surface area contributed by atoms with Crippen molar-refractivity contribution in [2.45, 2.75) is 37.6 Å². The van der Waals surface area contributed by atoms with E-state index in [2.05, 4.69) is 20.6 Å². The van der Waals surface area contributed by atoms with Crippen molar-refractivity contribution in [2.75, 3.05) is 0 Å². The monoisotopic (exact) mass is 362 g/mol. The predicted octanol–water partition coefficient (Wildman–Crippen LogP) is 3.29. The molecule has 2 heterocycles. The van der Waals surface area contributed by atoms with Gasteiger partial charge in [-0.15, -0.1) is 11.3 Å². The van der Waals surface area contributed by atoms with Gasteiger partial charge in [0.15, 0.2) is 0 Å². The first-order valence-corrected chi connectivity index (χ1v) is 8.95. The molecular formula is C17H16F2N4OS. The molecule has 0 atom stereocenters. The van der Waals surface area contributed by atoms with Crippen LogP contribution in [0.2, 0.25) is 0 Å². The zero-order valence-corrected chi connectivity index (χ0v) is 14.1. The van der Waals surface area contributed by atoms with E-state index in [-0.39, 0.29) is 24.8 Å². The maximum Gasteiger partial charge on any atom is 0.274 e. The number of thiazole rings is 1. The summed E-state index contributed by atoms with van der Waals surface area (Å²) in [7, 11) is 0. The van der Waals surface area contributed by atoms with Gasteiger partial charge in [0.2, 0.25) is 11.9 Å². The number of amides is 1. The summed E-state index contributed by atoms with van der Waals surface area (Å²) in [5.74, 6) is -2.52. The van der Waals surface area contributed by atoms with Crippen LogP contribution in [0.4, 0.5) is 8.78 Å². The van der Waals surface area contributed by atoms with Crippen molar-refractivity contribution in [1.82, 2.24) is 15.6 Å². The minimum absolute atomic E-state index is 0.153. The smallest absolute Gasteiger partial charge is 0.274 e. The van der Waals surface area contributed by atoms with Crippen molar-refractivity contribution in [3.8, 4) is 0 Å². The van der Waals surface area contributed by atoms with Crippen LogP contribution < -0.4 is 10.6 Å². The van der Waals surface area contributed by atoms with Crippen molar-refractivity contribution in [2.24, 2.45) is 4.99 Å². The number of alkyl halides is 2. The first kappa shape index (κ1) is 16.1. The second kappa shape index (κ2) is 6.18. The molecule has 130 valence electrons. The first-order valence-electron chi connectivity index (χ1n) is 8.07. The highest BCUT2D eigenvalue weighted by Crippen LogP contribution is 2.34. The van der Waals surface area contributed by atoms with Gasteiger partial charge in [-0.25, -0.2) is 18.8 Å². The topological polar surface area (TPSA) is 66.4 Å². The number of guanidine groups is 1. The minimum Gasteiger partial charge on any atom is -0.321 e. The lowest BCUT2D eigenvalue weighted by Crippen LogP contribution is -2.31. The maximum atomic E-state index is 13.2. The molecule has 25 heavy (non-hydrogen) atoms. The van der Waals surface area contributed by atoms with Crippen LogP contribution in [-0.2, 0) is 4.79 Å². The molecule has 1 amide bonds. The molecule has 0 bridgehead atoms. The summed E-state index contributed by atoms with van der Waals surface area (Å²) in [5, 5.41) is 5.61. The van der Waals surface area contributed by atoms with Gasteiger partial charge >= 0.3 is 0 Å². The van der Waals surface area contributed by atoms with E-state index >= 15 is 0 Å². The number of fused-ring (bicyclic) bond motifs is 1. The van der Waals surface area contributed by atoms with Gasteiger partial charge < -0.3 is 5.32 Å². The van der Waals surface area contributed by atoms with Crippen LogP contribution in [0.25, 0.3) is 16.3 Å². The van der Waals surface area contributed by atoms with E-state index in [0.717, 1.165) is 15.8 Å². The van der Waals surface area contributed by atoms with Gasteiger partial charge in [0.1, 0.15) is 5.70 Å². The molecule has 1 saturated carbocycles. The number of hydrogen-bond acceptors (Lipinski definition) is 4. The van der Waals surface area contributed by atoms with Crippen molar-refractivity contribution in [3.63, 3.8) is 0 Å². The summed E-state index contributed by atoms with van der Waals surface area (Å²) in [6.07, 6.45) is 2.09. The van der Waals surface area contributed by atoms with E-state index in [9.17, 15) is 13.6 Å². The van der Waals surface area contributed by atoms with Gasteiger partial charge in [-0.1, -0.05) is 6.07 Å². The Morgan fingerprint density at radius 2 is 2.08 bits per heavy atom. The molecule has 1 aliphatic carbocycles. The SMILES string of the molecule is O=C1NC(=NC2CCC(F)(F)CC2)N/C1=C\c1ccc2ncsc2c1. The van der Waals surface area contributed by atoms with Crippen LogP contribution in [0.5, 0.6) is 0 Å². The molecule has 1 aliphatic heterocycles. The largest absolute Gasteiger partial charge is 0.321 e. The summed E-state index contributed by atoms with van der Waals surface area (Å²) in [4.78, 5) is 20.7. The van der Waals surface area contributed by atoms with Crippen LogP contribution in [0, 0.1) is 0 Å². The van der Waals surface area contributed by atoms with Gasteiger partial charge in [0.25, 0.3) is 5.91 Å². The molecule has 1 aromatic heterocycles. The van der Waals surface area contributed by atoms with E-state index in [1.54, 1.807) is 11.6 Å². The fraction of sp³-hybridized carbons (Fsp3) is 0.353. The summed E-state index contributed by atoms with van der Waals surface area (Å²) >= 11 is 1.54. The Hall–Kier alpha value is -2.35. The van der Waals surface area contributed by atoms with Gasteiger partial charge in [-0.05, 0) is 36.6 Å². The number of carbonyl (C=O) groups excluding carboxylic acids is 1. The standard InChI is InChI=1S/C17H16F2N4OS/c18-17(19)5-3-11(4-6-17)21-16-22-13(15(24)23-16)7-10-1-2-12-14(8-10)25-9-20-12/h1-2,7-9,11H,3-6H2,(H2,21,22,23,24)/b13-7-. The zero-order chi connectivity index (χ0) is 17.4. The van der Waals surface area contributed by atoms with Gasteiger partial charge in [0, 0.05) is 12.8 Å². The Morgan fingerprint density at radius 1 is 1.28 bits per heavy atom. The quantitative estimate of drug-likeness (QED) is 0.806. The molecular weight excluding hydrogens is 346 g/mol. The first-order chi connectivity index (χ1) is 12.0. The second-order valence-electron chi connectivity index (χ2n) is 6.28. The average molecular weight is 362 g/mol. The van der Waals surface area contributed by atoms with Crippen molar-refractivity contribution in [3.05, 3.63) is 35.0 Å². The number of nitrogens with zero attached hydrogens (tertiary/aromatic N) is 2. The maximum absolute atomic E-state index is 13.2. The van der Waals surface area contributed by atoms with Crippen LogP contribution in [-0.4, -0.2) is 28.8 Å². The van der Waals surface area contributed by atoms with Crippen LogP contribution in [0.1, 0.15) is 31.2 Å². The Balaban J connectivity index is 1.49. The van der Waals surface area contributed by atoms with E-state index in [1.807, 2.05) is 18.2 Å². The third-order valence-corrected chi connectivity index (χ3v) is 5.19. The number of carbonyl (C=O) groups is 1. The number of halogens is 2. The molecule has 2 aromatic rings. The zero-order valence-electron chi connectivity index (χ0n) is 13.3. The Bertz CT molecular complexity index is 880.